The summed E-state index contributed by atoms with van der Waals surface area (Å²) in [5.74, 6) is 1.54. The zero-order valence-electron chi connectivity index (χ0n) is 12.7. The van der Waals surface area contributed by atoms with Gasteiger partial charge >= 0.3 is 0 Å². The molecule has 0 aromatic carbocycles. The average molecular weight is 289 g/mol. The Bertz CT molecular complexity index is 535. The molecule has 0 bridgehead atoms. The van der Waals surface area contributed by atoms with Gasteiger partial charge in [0.25, 0.3) is 0 Å². The number of aryl methyl sites for hydroxylation is 1. The molecule has 2 aliphatic rings. The van der Waals surface area contributed by atoms with E-state index < -0.39 is 0 Å². The molecule has 0 radical (unpaired) electrons. The first kappa shape index (κ1) is 14.3. The second-order valence-electron chi connectivity index (χ2n) is 5.93. The molecule has 1 aromatic heterocycles. The van der Waals surface area contributed by atoms with Gasteiger partial charge in [0.05, 0.1) is 6.04 Å². The van der Waals surface area contributed by atoms with Gasteiger partial charge in [0.1, 0.15) is 0 Å². The Balaban J connectivity index is 1.68. The maximum Gasteiger partial charge on any atom is 0.227 e. The molecule has 2 heterocycles. The standard InChI is InChI=1S/C16H23N3O2/c1-2-14-17-16(18-21-14)13-9-6-10-19(13)15(20)11-12-7-4-3-5-8-12/h7,13H,2-6,8-11H2,1H3. The van der Waals surface area contributed by atoms with Crippen molar-refractivity contribution in [1.29, 1.82) is 0 Å². The normalized spacial score (nSPS) is 22.4. The number of allylic oxidation sites excluding steroid dienone is 1. The third-order valence-corrected chi connectivity index (χ3v) is 4.42. The van der Waals surface area contributed by atoms with Gasteiger partial charge in [-0.3, -0.25) is 4.79 Å². The molecule has 5 nitrogen and oxygen atoms in total. The molecule has 1 aliphatic heterocycles. The SMILES string of the molecule is CCc1nc(C2CCCN2C(=O)CC2=CCCCC2)no1. The van der Waals surface area contributed by atoms with Gasteiger partial charge in [0.15, 0.2) is 5.82 Å². The molecule has 0 saturated carbocycles. The Morgan fingerprint density at radius 3 is 3.05 bits per heavy atom. The van der Waals surface area contributed by atoms with Crippen LogP contribution in [-0.2, 0) is 11.2 Å². The summed E-state index contributed by atoms with van der Waals surface area (Å²) in [6, 6.07) is 0.00532. The van der Waals surface area contributed by atoms with Crippen molar-refractivity contribution in [3.8, 4) is 0 Å². The van der Waals surface area contributed by atoms with Gasteiger partial charge in [0.2, 0.25) is 11.8 Å². The number of carbonyl (C=O) groups is 1. The first-order valence-corrected chi connectivity index (χ1v) is 8.07. The van der Waals surface area contributed by atoms with Crippen LogP contribution in [0.5, 0.6) is 0 Å². The molecule has 1 unspecified atom stereocenters. The van der Waals surface area contributed by atoms with E-state index in [4.69, 9.17) is 4.52 Å². The summed E-state index contributed by atoms with van der Waals surface area (Å²) in [7, 11) is 0. The molecular weight excluding hydrogens is 266 g/mol. The lowest BCUT2D eigenvalue weighted by atomic mass is 9.97. The third kappa shape index (κ3) is 3.17. The van der Waals surface area contributed by atoms with Gasteiger partial charge in [-0.2, -0.15) is 4.98 Å². The van der Waals surface area contributed by atoms with Crippen LogP contribution in [0, 0.1) is 0 Å². The molecule has 1 saturated heterocycles. The van der Waals surface area contributed by atoms with Crippen LogP contribution in [0.2, 0.25) is 0 Å². The van der Waals surface area contributed by atoms with E-state index in [1.165, 1.54) is 18.4 Å². The minimum Gasteiger partial charge on any atom is -0.339 e. The summed E-state index contributed by atoms with van der Waals surface area (Å²) < 4.78 is 5.19. The van der Waals surface area contributed by atoms with Crippen molar-refractivity contribution in [2.24, 2.45) is 0 Å². The highest BCUT2D eigenvalue weighted by Gasteiger charge is 2.33. The van der Waals surface area contributed by atoms with E-state index in [2.05, 4.69) is 16.2 Å². The molecule has 21 heavy (non-hydrogen) atoms. The van der Waals surface area contributed by atoms with Crippen LogP contribution >= 0.6 is 0 Å². The number of hydrogen-bond acceptors (Lipinski definition) is 4. The van der Waals surface area contributed by atoms with E-state index in [-0.39, 0.29) is 11.9 Å². The molecule has 0 N–H and O–H groups in total. The van der Waals surface area contributed by atoms with Crippen molar-refractivity contribution >= 4 is 5.91 Å². The smallest absolute Gasteiger partial charge is 0.227 e. The highest BCUT2D eigenvalue weighted by Crippen LogP contribution is 2.32. The van der Waals surface area contributed by atoms with Gasteiger partial charge in [-0.1, -0.05) is 23.7 Å². The first-order chi connectivity index (χ1) is 10.3. The van der Waals surface area contributed by atoms with Crippen LogP contribution in [0.15, 0.2) is 16.2 Å². The summed E-state index contributed by atoms with van der Waals surface area (Å²) in [6.07, 6.45) is 10.2. The molecule has 1 aromatic rings. The summed E-state index contributed by atoms with van der Waals surface area (Å²) in [5, 5.41) is 4.05. The highest BCUT2D eigenvalue weighted by molar-refractivity contribution is 5.79. The Morgan fingerprint density at radius 1 is 1.43 bits per heavy atom. The zero-order chi connectivity index (χ0) is 14.7. The number of carbonyl (C=O) groups excluding carboxylic acids is 1. The quantitative estimate of drug-likeness (QED) is 0.799. The van der Waals surface area contributed by atoms with Gasteiger partial charge in [0, 0.05) is 19.4 Å². The largest absolute Gasteiger partial charge is 0.339 e. The number of rotatable bonds is 4. The molecule has 1 amide bonds. The fourth-order valence-electron chi connectivity index (χ4n) is 3.24. The van der Waals surface area contributed by atoms with Crippen LogP contribution in [0.4, 0.5) is 0 Å². The number of likely N-dealkylation sites (tertiary alicyclic amines) is 1. The minimum absolute atomic E-state index is 0.00532. The van der Waals surface area contributed by atoms with E-state index in [0.29, 0.717) is 18.1 Å². The molecule has 1 fully saturated rings. The maximum atomic E-state index is 12.6. The molecule has 1 atom stereocenters. The number of amides is 1. The molecule has 3 rings (SSSR count). The fraction of sp³-hybridized carbons (Fsp3) is 0.688. The molecule has 0 spiro atoms. The number of hydrogen-bond donors (Lipinski definition) is 0. The van der Waals surface area contributed by atoms with E-state index in [1.807, 2.05) is 11.8 Å². The van der Waals surface area contributed by atoms with Crippen molar-refractivity contribution < 1.29 is 9.32 Å². The predicted molar refractivity (Wildman–Crippen MR) is 78.5 cm³/mol. The summed E-state index contributed by atoms with van der Waals surface area (Å²) in [5.41, 5.74) is 1.30. The average Bonchev–Trinajstić information content (AvgIpc) is 3.16. The Labute approximate surface area is 125 Å². The Morgan fingerprint density at radius 2 is 2.33 bits per heavy atom. The minimum atomic E-state index is 0.00532. The monoisotopic (exact) mass is 289 g/mol. The summed E-state index contributed by atoms with van der Waals surface area (Å²) >= 11 is 0. The maximum absolute atomic E-state index is 12.6. The molecular formula is C16H23N3O2. The molecule has 1 aliphatic carbocycles. The Kier molecular flexibility index (Phi) is 4.36. The van der Waals surface area contributed by atoms with Crippen molar-refractivity contribution in [3.05, 3.63) is 23.4 Å². The number of nitrogens with zero attached hydrogens (tertiary/aromatic N) is 3. The lowest BCUT2D eigenvalue weighted by Crippen LogP contribution is -2.31. The van der Waals surface area contributed by atoms with E-state index >= 15 is 0 Å². The van der Waals surface area contributed by atoms with Crippen molar-refractivity contribution in [1.82, 2.24) is 15.0 Å². The van der Waals surface area contributed by atoms with Crippen LogP contribution in [-0.4, -0.2) is 27.5 Å². The zero-order valence-corrected chi connectivity index (χ0v) is 12.7. The first-order valence-electron chi connectivity index (χ1n) is 8.07. The van der Waals surface area contributed by atoms with E-state index in [0.717, 1.165) is 38.6 Å². The van der Waals surface area contributed by atoms with Gasteiger partial charge < -0.3 is 9.42 Å². The molecule has 5 heteroatoms. The second-order valence-corrected chi connectivity index (χ2v) is 5.93. The molecule has 114 valence electrons. The lowest BCUT2D eigenvalue weighted by Gasteiger charge is -2.23. The predicted octanol–water partition coefficient (Wildman–Crippen LogP) is 3.19. The Hall–Kier alpha value is -1.65. The van der Waals surface area contributed by atoms with Crippen molar-refractivity contribution in [2.45, 2.75) is 64.3 Å². The van der Waals surface area contributed by atoms with Gasteiger partial charge in [-0.25, -0.2) is 0 Å². The highest BCUT2D eigenvalue weighted by atomic mass is 16.5. The third-order valence-electron chi connectivity index (χ3n) is 4.42. The van der Waals surface area contributed by atoms with Crippen molar-refractivity contribution in [2.75, 3.05) is 6.54 Å². The van der Waals surface area contributed by atoms with Crippen LogP contribution in [0.1, 0.15) is 69.6 Å². The van der Waals surface area contributed by atoms with Crippen LogP contribution in [0.3, 0.4) is 0 Å². The van der Waals surface area contributed by atoms with Gasteiger partial charge in [-0.05, 0) is 38.5 Å². The van der Waals surface area contributed by atoms with Crippen LogP contribution in [0.25, 0.3) is 0 Å². The lowest BCUT2D eigenvalue weighted by molar-refractivity contribution is -0.131. The summed E-state index contributed by atoms with van der Waals surface area (Å²) in [6.45, 7) is 2.80. The van der Waals surface area contributed by atoms with E-state index in [9.17, 15) is 4.79 Å². The second kappa shape index (κ2) is 6.41. The van der Waals surface area contributed by atoms with Crippen LogP contribution < -0.4 is 0 Å². The fourth-order valence-corrected chi connectivity index (χ4v) is 3.24. The topological polar surface area (TPSA) is 59.2 Å². The summed E-state index contributed by atoms with van der Waals surface area (Å²) in [4.78, 5) is 18.9. The number of aromatic nitrogens is 2. The van der Waals surface area contributed by atoms with E-state index in [1.54, 1.807) is 0 Å². The van der Waals surface area contributed by atoms with Crippen molar-refractivity contribution in [3.63, 3.8) is 0 Å². The van der Waals surface area contributed by atoms with Gasteiger partial charge in [-0.15, -0.1) is 0 Å².